The molecule has 0 saturated heterocycles. The van der Waals surface area contributed by atoms with Crippen LogP contribution in [0.4, 0.5) is 0 Å². The number of carbonyl (C=O) groups is 2. The predicted molar refractivity (Wildman–Crippen MR) is 131 cm³/mol. The number of hydrogen-bond acceptors (Lipinski definition) is 5. The van der Waals surface area contributed by atoms with Gasteiger partial charge in [0.2, 0.25) is 0 Å². The van der Waals surface area contributed by atoms with Gasteiger partial charge in [0.1, 0.15) is 0 Å². The van der Waals surface area contributed by atoms with Crippen LogP contribution in [0.2, 0.25) is 0 Å². The minimum atomic E-state index is -0.950. The average molecular weight is 457 g/mol. The normalized spacial score (nSPS) is 12.4. The molecule has 174 valence electrons. The molecule has 2 heterocycles. The molecule has 2 aromatic carbocycles. The third-order valence-corrected chi connectivity index (χ3v) is 5.23. The summed E-state index contributed by atoms with van der Waals surface area (Å²) in [7, 11) is 0. The number of fused-ring (bicyclic) bond motifs is 1. The molecule has 1 amide bonds. The Kier molecular flexibility index (Phi) is 6.45. The van der Waals surface area contributed by atoms with E-state index in [-0.39, 0.29) is 5.91 Å². The summed E-state index contributed by atoms with van der Waals surface area (Å²) in [6.45, 7) is 7.69. The molecular formula is C27H28N4O3. The van der Waals surface area contributed by atoms with Gasteiger partial charge < -0.3 is 10.1 Å². The SMILES string of the molecule is CC(OC(=O)c1cc(-c2ccccc2)nc2c1cnn2Cc1ccccc1)C(=O)NC(C)(C)C. The lowest BCUT2D eigenvalue weighted by Gasteiger charge is -2.23. The van der Waals surface area contributed by atoms with Crippen LogP contribution in [-0.4, -0.2) is 38.3 Å². The summed E-state index contributed by atoms with van der Waals surface area (Å²) in [5.74, 6) is -0.949. The maximum absolute atomic E-state index is 13.2. The van der Waals surface area contributed by atoms with Crippen molar-refractivity contribution in [2.45, 2.75) is 45.9 Å². The summed E-state index contributed by atoms with van der Waals surface area (Å²) < 4.78 is 7.32. The highest BCUT2D eigenvalue weighted by Gasteiger charge is 2.25. The van der Waals surface area contributed by atoms with Crippen LogP contribution < -0.4 is 5.32 Å². The Labute approximate surface area is 198 Å². The van der Waals surface area contributed by atoms with Crippen LogP contribution in [0.3, 0.4) is 0 Å². The second-order valence-corrected chi connectivity index (χ2v) is 9.23. The number of amides is 1. The van der Waals surface area contributed by atoms with Gasteiger partial charge in [0.05, 0.1) is 29.4 Å². The van der Waals surface area contributed by atoms with E-state index in [1.165, 1.54) is 0 Å². The van der Waals surface area contributed by atoms with Gasteiger partial charge in [-0.15, -0.1) is 0 Å². The minimum Gasteiger partial charge on any atom is -0.449 e. The Bertz CT molecular complexity index is 1310. The first kappa shape index (κ1) is 23.2. The molecule has 1 atom stereocenters. The van der Waals surface area contributed by atoms with E-state index in [9.17, 15) is 9.59 Å². The number of benzene rings is 2. The Balaban J connectivity index is 1.73. The topological polar surface area (TPSA) is 86.1 Å². The number of nitrogens with one attached hydrogen (secondary N) is 1. The van der Waals surface area contributed by atoms with Gasteiger partial charge in [-0.2, -0.15) is 5.10 Å². The van der Waals surface area contributed by atoms with Crippen molar-refractivity contribution in [3.05, 3.63) is 84.1 Å². The van der Waals surface area contributed by atoms with E-state index in [0.29, 0.717) is 28.8 Å². The second kappa shape index (κ2) is 9.47. The van der Waals surface area contributed by atoms with E-state index >= 15 is 0 Å². The average Bonchev–Trinajstić information content (AvgIpc) is 3.21. The molecule has 0 bridgehead atoms. The zero-order valence-electron chi connectivity index (χ0n) is 19.8. The third-order valence-electron chi connectivity index (χ3n) is 5.23. The molecule has 7 heteroatoms. The Morgan fingerprint density at radius 2 is 1.68 bits per heavy atom. The smallest absolute Gasteiger partial charge is 0.339 e. The number of aromatic nitrogens is 3. The van der Waals surface area contributed by atoms with Crippen molar-refractivity contribution in [1.29, 1.82) is 0 Å². The van der Waals surface area contributed by atoms with Gasteiger partial charge in [0.15, 0.2) is 11.8 Å². The summed E-state index contributed by atoms with van der Waals surface area (Å²) in [5, 5.41) is 7.91. The van der Waals surface area contributed by atoms with E-state index in [1.807, 2.05) is 81.4 Å². The fraction of sp³-hybridized carbons (Fsp3) is 0.259. The van der Waals surface area contributed by atoms with E-state index in [2.05, 4.69) is 10.4 Å². The highest BCUT2D eigenvalue weighted by Crippen LogP contribution is 2.26. The van der Waals surface area contributed by atoms with Crippen LogP contribution in [0.1, 0.15) is 43.6 Å². The van der Waals surface area contributed by atoms with Crippen molar-refractivity contribution >= 4 is 22.9 Å². The van der Waals surface area contributed by atoms with Gasteiger partial charge in [-0.3, -0.25) is 4.79 Å². The first-order valence-electron chi connectivity index (χ1n) is 11.2. The molecule has 0 aliphatic carbocycles. The van der Waals surface area contributed by atoms with Crippen LogP contribution in [0.25, 0.3) is 22.3 Å². The Morgan fingerprint density at radius 3 is 2.32 bits per heavy atom. The number of esters is 1. The molecule has 7 nitrogen and oxygen atoms in total. The molecule has 4 rings (SSSR count). The van der Waals surface area contributed by atoms with Crippen LogP contribution >= 0.6 is 0 Å². The number of nitrogens with zero attached hydrogens (tertiary/aromatic N) is 3. The van der Waals surface area contributed by atoms with Gasteiger partial charge in [0.25, 0.3) is 5.91 Å². The highest BCUT2D eigenvalue weighted by molar-refractivity contribution is 6.04. The summed E-state index contributed by atoms with van der Waals surface area (Å²) >= 11 is 0. The van der Waals surface area contributed by atoms with E-state index < -0.39 is 17.6 Å². The summed E-state index contributed by atoms with van der Waals surface area (Å²) in [4.78, 5) is 30.5. The van der Waals surface area contributed by atoms with Gasteiger partial charge in [0, 0.05) is 11.1 Å². The number of ether oxygens (including phenoxy) is 1. The lowest BCUT2D eigenvalue weighted by Crippen LogP contribution is -2.46. The fourth-order valence-corrected chi connectivity index (χ4v) is 3.59. The minimum absolute atomic E-state index is 0.318. The largest absolute Gasteiger partial charge is 0.449 e. The molecule has 1 unspecified atom stereocenters. The van der Waals surface area contributed by atoms with Crippen LogP contribution in [0.15, 0.2) is 72.9 Å². The van der Waals surface area contributed by atoms with Gasteiger partial charge in [-0.25, -0.2) is 14.5 Å². The molecule has 0 aliphatic heterocycles. The molecule has 0 spiro atoms. The summed E-state index contributed by atoms with van der Waals surface area (Å²) in [6, 6.07) is 21.2. The van der Waals surface area contributed by atoms with Gasteiger partial charge >= 0.3 is 5.97 Å². The maximum Gasteiger partial charge on any atom is 0.339 e. The highest BCUT2D eigenvalue weighted by atomic mass is 16.5. The lowest BCUT2D eigenvalue weighted by molar-refractivity contribution is -0.130. The molecular weight excluding hydrogens is 428 g/mol. The molecule has 0 fully saturated rings. The molecule has 4 aromatic rings. The molecule has 34 heavy (non-hydrogen) atoms. The number of hydrogen-bond donors (Lipinski definition) is 1. The van der Waals surface area contributed by atoms with Crippen molar-refractivity contribution in [2.75, 3.05) is 0 Å². The number of carbonyl (C=O) groups excluding carboxylic acids is 2. The maximum atomic E-state index is 13.2. The number of pyridine rings is 1. The van der Waals surface area contributed by atoms with Crippen molar-refractivity contribution in [1.82, 2.24) is 20.1 Å². The van der Waals surface area contributed by atoms with Crippen LogP contribution in [-0.2, 0) is 16.1 Å². The first-order chi connectivity index (χ1) is 16.2. The summed E-state index contributed by atoms with van der Waals surface area (Å²) in [6.07, 6.45) is 0.672. The lowest BCUT2D eigenvalue weighted by atomic mass is 10.1. The van der Waals surface area contributed by atoms with Gasteiger partial charge in [-0.05, 0) is 39.3 Å². The Hall–Kier alpha value is -4.00. The molecule has 1 N–H and O–H groups in total. The standard InChI is InChI=1S/C27H28N4O3/c1-18(25(32)30-27(2,3)4)34-26(33)21-15-23(20-13-9-6-10-14-20)29-24-22(21)16-28-31(24)17-19-11-7-5-8-12-19/h5-16,18H,17H2,1-4H3,(H,30,32). The van der Waals surface area contributed by atoms with Gasteiger partial charge in [-0.1, -0.05) is 60.7 Å². The zero-order valence-corrected chi connectivity index (χ0v) is 19.8. The second-order valence-electron chi connectivity index (χ2n) is 9.23. The van der Waals surface area contributed by atoms with Crippen molar-refractivity contribution in [3.63, 3.8) is 0 Å². The van der Waals surface area contributed by atoms with E-state index in [1.54, 1.807) is 23.9 Å². The summed E-state index contributed by atoms with van der Waals surface area (Å²) in [5.41, 5.74) is 3.02. The zero-order chi connectivity index (χ0) is 24.3. The Morgan fingerprint density at radius 1 is 1.03 bits per heavy atom. The quantitative estimate of drug-likeness (QED) is 0.428. The predicted octanol–water partition coefficient (Wildman–Crippen LogP) is 4.61. The van der Waals surface area contributed by atoms with Crippen molar-refractivity contribution in [3.8, 4) is 11.3 Å². The number of rotatable bonds is 6. The molecule has 0 radical (unpaired) electrons. The first-order valence-corrected chi connectivity index (χ1v) is 11.2. The van der Waals surface area contributed by atoms with E-state index in [0.717, 1.165) is 11.1 Å². The van der Waals surface area contributed by atoms with Crippen LogP contribution in [0, 0.1) is 0 Å². The van der Waals surface area contributed by atoms with Crippen molar-refractivity contribution < 1.29 is 14.3 Å². The monoisotopic (exact) mass is 456 g/mol. The molecule has 0 saturated carbocycles. The fourth-order valence-electron chi connectivity index (χ4n) is 3.59. The van der Waals surface area contributed by atoms with E-state index in [4.69, 9.17) is 9.72 Å². The molecule has 2 aromatic heterocycles. The third kappa shape index (κ3) is 5.31. The molecule has 0 aliphatic rings. The van der Waals surface area contributed by atoms with Crippen LogP contribution in [0.5, 0.6) is 0 Å². The van der Waals surface area contributed by atoms with Crippen molar-refractivity contribution in [2.24, 2.45) is 0 Å².